The van der Waals surface area contributed by atoms with E-state index in [2.05, 4.69) is 10.6 Å². The molecule has 2 aliphatic rings. The molecule has 2 fully saturated rings. The third-order valence-electron chi connectivity index (χ3n) is 3.73. The minimum absolute atomic E-state index is 0.0139. The van der Waals surface area contributed by atoms with Crippen LogP contribution in [-0.4, -0.2) is 48.4 Å². The van der Waals surface area contributed by atoms with Crippen molar-refractivity contribution in [3.63, 3.8) is 0 Å². The summed E-state index contributed by atoms with van der Waals surface area (Å²) in [4.78, 5) is 25.6. The monoisotopic (exact) mass is 267 g/mol. The Morgan fingerprint density at radius 1 is 1.37 bits per heavy atom. The van der Waals surface area contributed by atoms with Gasteiger partial charge in [-0.05, 0) is 32.1 Å². The molecule has 1 aliphatic carbocycles. The first kappa shape index (κ1) is 14.3. The lowest BCUT2D eigenvalue weighted by Gasteiger charge is -2.32. The van der Waals surface area contributed by atoms with Gasteiger partial charge in [-0.15, -0.1) is 0 Å². The van der Waals surface area contributed by atoms with E-state index in [0.29, 0.717) is 19.0 Å². The van der Waals surface area contributed by atoms with Crippen LogP contribution < -0.4 is 10.6 Å². The molecule has 0 radical (unpaired) electrons. The Morgan fingerprint density at radius 2 is 2.16 bits per heavy atom. The zero-order chi connectivity index (χ0) is 13.7. The van der Waals surface area contributed by atoms with E-state index >= 15 is 0 Å². The number of carbonyl (C=O) groups excluding carboxylic acids is 2. The molecule has 0 bridgehead atoms. The Kier molecular flexibility index (Phi) is 5.19. The van der Waals surface area contributed by atoms with Crippen molar-refractivity contribution in [2.75, 3.05) is 19.6 Å². The van der Waals surface area contributed by atoms with E-state index in [1.165, 1.54) is 12.8 Å². The number of amides is 2. The second-order valence-electron chi connectivity index (χ2n) is 5.56. The summed E-state index contributed by atoms with van der Waals surface area (Å²) in [6, 6.07) is 0.543. The van der Waals surface area contributed by atoms with E-state index in [1.807, 2.05) is 11.8 Å². The van der Waals surface area contributed by atoms with Crippen molar-refractivity contribution in [2.24, 2.45) is 0 Å². The Balaban J connectivity index is 1.72. The first-order chi connectivity index (χ1) is 9.20. The number of nitrogens with one attached hydrogen (secondary N) is 2. The SMILES string of the molecule is CCCNC(=O)CCN1CCCC(NC2CC2)C1=O. The zero-order valence-electron chi connectivity index (χ0n) is 11.8. The van der Waals surface area contributed by atoms with Crippen molar-refractivity contribution in [2.45, 2.75) is 57.5 Å². The number of likely N-dealkylation sites (tertiary alicyclic amines) is 1. The summed E-state index contributed by atoms with van der Waals surface area (Å²) in [6.07, 6.45) is 5.73. The molecule has 0 spiro atoms. The number of nitrogens with zero attached hydrogens (tertiary/aromatic N) is 1. The average molecular weight is 267 g/mol. The summed E-state index contributed by atoms with van der Waals surface area (Å²) < 4.78 is 0. The molecule has 1 atom stereocenters. The fourth-order valence-electron chi connectivity index (χ4n) is 2.44. The molecule has 1 saturated carbocycles. The molecule has 1 heterocycles. The zero-order valence-corrected chi connectivity index (χ0v) is 11.8. The molecule has 0 aromatic rings. The number of hydrogen-bond acceptors (Lipinski definition) is 3. The minimum Gasteiger partial charge on any atom is -0.356 e. The van der Waals surface area contributed by atoms with Crippen molar-refractivity contribution in [3.8, 4) is 0 Å². The van der Waals surface area contributed by atoms with Gasteiger partial charge in [-0.3, -0.25) is 9.59 Å². The van der Waals surface area contributed by atoms with Crippen LogP contribution in [0.5, 0.6) is 0 Å². The number of hydrogen-bond donors (Lipinski definition) is 2. The molecule has 5 nitrogen and oxygen atoms in total. The van der Waals surface area contributed by atoms with Crippen molar-refractivity contribution >= 4 is 11.8 Å². The minimum atomic E-state index is -0.0139. The van der Waals surface area contributed by atoms with Crippen molar-refractivity contribution in [3.05, 3.63) is 0 Å². The van der Waals surface area contributed by atoms with Crippen LogP contribution in [0.3, 0.4) is 0 Å². The van der Waals surface area contributed by atoms with Crippen LogP contribution >= 0.6 is 0 Å². The highest BCUT2D eigenvalue weighted by molar-refractivity contribution is 5.83. The summed E-state index contributed by atoms with van der Waals surface area (Å²) >= 11 is 0. The van der Waals surface area contributed by atoms with Gasteiger partial charge in [0, 0.05) is 32.1 Å². The molecular weight excluding hydrogens is 242 g/mol. The van der Waals surface area contributed by atoms with E-state index in [4.69, 9.17) is 0 Å². The molecule has 2 amide bonds. The van der Waals surface area contributed by atoms with Gasteiger partial charge >= 0.3 is 0 Å². The van der Waals surface area contributed by atoms with Crippen molar-refractivity contribution in [1.82, 2.24) is 15.5 Å². The number of carbonyl (C=O) groups is 2. The molecule has 0 aromatic heterocycles. The fourth-order valence-corrected chi connectivity index (χ4v) is 2.44. The summed E-state index contributed by atoms with van der Waals surface area (Å²) in [6.45, 7) is 4.10. The fraction of sp³-hybridized carbons (Fsp3) is 0.857. The molecule has 5 heteroatoms. The van der Waals surface area contributed by atoms with Gasteiger partial charge in [0.15, 0.2) is 0 Å². The van der Waals surface area contributed by atoms with Gasteiger partial charge in [-0.1, -0.05) is 6.92 Å². The van der Waals surface area contributed by atoms with E-state index in [-0.39, 0.29) is 17.9 Å². The van der Waals surface area contributed by atoms with Crippen molar-refractivity contribution < 1.29 is 9.59 Å². The molecule has 2 N–H and O–H groups in total. The second-order valence-corrected chi connectivity index (χ2v) is 5.56. The maximum Gasteiger partial charge on any atom is 0.239 e. The van der Waals surface area contributed by atoms with Gasteiger partial charge < -0.3 is 15.5 Å². The molecule has 1 saturated heterocycles. The predicted octanol–water partition coefficient (Wildman–Crippen LogP) is 0.646. The van der Waals surface area contributed by atoms with E-state index in [9.17, 15) is 9.59 Å². The molecule has 1 unspecified atom stereocenters. The normalized spacial score (nSPS) is 23.5. The highest BCUT2D eigenvalue weighted by atomic mass is 16.2. The Bertz CT molecular complexity index is 329. The summed E-state index contributed by atoms with van der Waals surface area (Å²) in [5, 5.41) is 6.25. The van der Waals surface area contributed by atoms with Crippen LogP contribution in [0.2, 0.25) is 0 Å². The van der Waals surface area contributed by atoms with E-state index < -0.39 is 0 Å². The second kappa shape index (κ2) is 6.89. The third-order valence-corrected chi connectivity index (χ3v) is 3.73. The molecular formula is C14H25N3O2. The topological polar surface area (TPSA) is 61.4 Å². The smallest absolute Gasteiger partial charge is 0.239 e. The van der Waals surface area contributed by atoms with Crippen LogP contribution in [0.1, 0.15) is 45.4 Å². The maximum absolute atomic E-state index is 12.2. The van der Waals surface area contributed by atoms with Crippen LogP contribution in [0.15, 0.2) is 0 Å². The van der Waals surface area contributed by atoms with Crippen LogP contribution in [0.4, 0.5) is 0 Å². The highest BCUT2D eigenvalue weighted by Gasteiger charge is 2.33. The molecule has 2 rings (SSSR count). The summed E-state index contributed by atoms with van der Waals surface area (Å²) in [5.74, 6) is 0.230. The number of piperidine rings is 1. The predicted molar refractivity (Wildman–Crippen MR) is 73.7 cm³/mol. The van der Waals surface area contributed by atoms with Gasteiger partial charge in [-0.25, -0.2) is 0 Å². The lowest BCUT2D eigenvalue weighted by molar-refractivity contribution is -0.136. The van der Waals surface area contributed by atoms with Crippen molar-refractivity contribution in [1.29, 1.82) is 0 Å². The Morgan fingerprint density at radius 3 is 2.84 bits per heavy atom. The van der Waals surface area contributed by atoms with Gasteiger partial charge in [0.05, 0.1) is 6.04 Å². The largest absolute Gasteiger partial charge is 0.356 e. The molecule has 1 aliphatic heterocycles. The van der Waals surface area contributed by atoms with E-state index in [1.54, 1.807) is 0 Å². The standard InChI is InChI=1S/C14H25N3O2/c1-2-8-15-13(18)7-10-17-9-3-4-12(14(17)19)16-11-5-6-11/h11-12,16H,2-10H2,1H3,(H,15,18). The van der Waals surface area contributed by atoms with Crippen LogP contribution in [0, 0.1) is 0 Å². The molecule has 108 valence electrons. The molecule has 19 heavy (non-hydrogen) atoms. The summed E-state index contributed by atoms with van der Waals surface area (Å²) in [5.41, 5.74) is 0. The first-order valence-electron chi connectivity index (χ1n) is 7.52. The Hall–Kier alpha value is -1.10. The van der Waals surface area contributed by atoms with Crippen LogP contribution in [-0.2, 0) is 9.59 Å². The Labute approximate surface area is 115 Å². The highest BCUT2D eigenvalue weighted by Crippen LogP contribution is 2.22. The van der Waals surface area contributed by atoms with E-state index in [0.717, 1.165) is 32.4 Å². The first-order valence-corrected chi connectivity index (χ1v) is 7.52. The molecule has 0 aromatic carbocycles. The lowest BCUT2D eigenvalue weighted by atomic mass is 10.0. The van der Waals surface area contributed by atoms with Gasteiger partial charge in [-0.2, -0.15) is 0 Å². The van der Waals surface area contributed by atoms with Crippen LogP contribution in [0.25, 0.3) is 0 Å². The average Bonchev–Trinajstić information content (AvgIpc) is 3.21. The summed E-state index contributed by atoms with van der Waals surface area (Å²) in [7, 11) is 0. The third kappa shape index (κ3) is 4.49. The quantitative estimate of drug-likeness (QED) is 0.712. The van der Waals surface area contributed by atoms with Gasteiger partial charge in [0.1, 0.15) is 0 Å². The number of rotatable bonds is 7. The maximum atomic E-state index is 12.2. The lowest BCUT2D eigenvalue weighted by Crippen LogP contribution is -2.51. The van der Waals surface area contributed by atoms with Gasteiger partial charge in [0.25, 0.3) is 0 Å². The van der Waals surface area contributed by atoms with Gasteiger partial charge in [0.2, 0.25) is 11.8 Å².